The molecule has 1 rings (SSSR count). The molecule has 0 saturated heterocycles. The molecule has 0 atom stereocenters. The number of nitrogens with one attached hydrogen (secondary N) is 2. The number of imide groups is 1. The van der Waals surface area contributed by atoms with E-state index in [1.807, 2.05) is 0 Å². The molecule has 7 heteroatoms. The third kappa shape index (κ3) is 6.98. The quantitative estimate of drug-likeness (QED) is 0.693. The van der Waals surface area contributed by atoms with Crippen LogP contribution in [-0.4, -0.2) is 29.2 Å². The fourth-order valence-corrected chi connectivity index (χ4v) is 1.97. The highest BCUT2D eigenvalue weighted by Crippen LogP contribution is 2.16. The summed E-state index contributed by atoms with van der Waals surface area (Å²) in [6.07, 6.45) is 2.48. The van der Waals surface area contributed by atoms with Crippen LogP contribution in [0.2, 0.25) is 0 Å². The molecule has 3 amide bonds. The summed E-state index contributed by atoms with van der Waals surface area (Å²) in [6.45, 7) is 4.70. The van der Waals surface area contributed by atoms with Gasteiger partial charge in [0.2, 0.25) is 5.91 Å². The summed E-state index contributed by atoms with van der Waals surface area (Å²) in [6, 6.07) is 2.99. The molecule has 110 valence electrons. The van der Waals surface area contributed by atoms with Gasteiger partial charge in [-0.3, -0.25) is 10.1 Å². The van der Waals surface area contributed by atoms with E-state index in [-0.39, 0.29) is 11.7 Å². The van der Waals surface area contributed by atoms with E-state index in [0.717, 1.165) is 11.3 Å². The van der Waals surface area contributed by atoms with Gasteiger partial charge < -0.3 is 11.1 Å². The summed E-state index contributed by atoms with van der Waals surface area (Å²) in [7, 11) is 0. The van der Waals surface area contributed by atoms with Crippen molar-refractivity contribution in [2.45, 2.75) is 25.2 Å². The van der Waals surface area contributed by atoms with E-state index in [1.165, 1.54) is 11.8 Å². The van der Waals surface area contributed by atoms with E-state index >= 15 is 0 Å². The highest BCUT2D eigenvalue weighted by atomic mass is 32.2. The van der Waals surface area contributed by atoms with Gasteiger partial charge in [0.15, 0.2) is 0 Å². The second-order valence-corrected chi connectivity index (χ2v) is 5.74. The Morgan fingerprint density at radius 3 is 2.75 bits per heavy atom. The zero-order valence-corrected chi connectivity index (χ0v) is 12.5. The lowest BCUT2D eigenvalue weighted by Crippen LogP contribution is -2.40. The van der Waals surface area contributed by atoms with Crippen molar-refractivity contribution < 1.29 is 9.59 Å². The second-order valence-electron chi connectivity index (χ2n) is 4.69. The third-order valence-electron chi connectivity index (χ3n) is 2.39. The molecule has 1 heterocycles. The van der Waals surface area contributed by atoms with Crippen molar-refractivity contribution in [2.75, 3.05) is 18.0 Å². The summed E-state index contributed by atoms with van der Waals surface area (Å²) in [5.41, 5.74) is 5.46. The lowest BCUT2D eigenvalue weighted by Gasteiger charge is -2.08. The van der Waals surface area contributed by atoms with E-state index in [1.54, 1.807) is 18.3 Å². The highest BCUT2D eigenvalue weighted by Gasteiger charge is 2.08. The zero-order valence-electron chi connectivity index (χ0n) is 11.7. The minimum absolute atomic E-state index is 0.156. The van der Waals surface area contributed by atoms with Crippen molar-refractivity contribution in [1.82, 2.24) is 15.6 Å². The second kappa shape index (κ2) is 8.42. The molecule has 4 N–H and O–H groups in total. The number of nitrogen functional groups attached to an aromatic ring is 1. The van der Waals surface area contributed by atoms with Gasteiger partial charge in [0.05, 0.1) is 5.75 Å². The summed E-state index contributed by atoms with van der Waals surface area (Å²) >= 11 is 1.30. The fraction of sp³-hybridized carbons (Fsp3) is 0.462. The van der Waals surface area contributed by atoms with Crippen molar-refractivity contribution >= 4 is 29.5 Å². The van der Waals surface area contributed by atoms with E-state index in [2.05, 4.69) is 29.5 Å². The third-order valence-corrected chi connectivity index (χ3v) is 3.37. The van der Waals surface area contributed by atoms with Crippen LogP contribution >= 0.6 is 11.8 Å². The highest BCUT2D eigenvalue weighted by molar-refractivity contribution is 8.00. The minimum atomic E-state index is -0.452. The van der Waals surface area contributed by atoms with Crippen LogP contribution in [0, 0.1) is 5.92 Å². The molecule has 0 aromatic carbocycles. The first-order valence-electron chi connectivity index (χ1n) is 6.39. The average Bonchev–Trinajstić information content (AvgIpc) is 2.37. The number of urea groups is 1. The summed E-state index contributed by atoms with van der Waals surface area (Å²) < 4.78 is 0. The van der Waals surface area contributed by atoms with Crippen molar-refractivity contribution in [1.29, 1.82) is 0 Å². The Morgan fingerprint density at radius 2 is 2.15 bits per heavy atom. The Balaban J connectivity index is 2.22. The molecule has 0 aliphatic carbocycles. The monoisotopic (exact) mass is 296 g/mol. The number of carbonyl (C=O) groups excluding carboxylic acids is 2. The van der Waals surface area contributed by atoms with Crippen molar-refractivity contribution in [2.24, 2.45) is 5.92 Å². The average molecular weight is 296 g/mol. The lowest BCUT2D eigenvalue weighted by molar-refractivity contribution is -0.117. The predicted molar refractivity (Wildman–Crippen MR) is 80.4 cm³/mol. The molecule has 0 fully saturated rings. The van der Waals surface area contributed by atoms with Crippen LogP contribution in [0.3, 0.4) is 0 Å². The fourth-order valence-electron chi connectivity index (χ4n) is 1.31. The molecule has 1 aromatic rings. The van der Waals surface area contributed by atoms with E-state index in [9.17, 15) is 9.59 Å². The Bertz CT molecular complexity index is 448. The maximum absolute atomic E-state index is 11.6. The number of anilines is 1. The molecule has 6 nitrogen and oxygen atoms in total. The van der Waals surface area contributed by atoms with Gasteiger partial charge in [-0.05, 0) is 24.5 Å². The molecule has 0 spiro atoms. The van der Waals surface area contributed by atoms with Crippen LogP contribution in [0.1, 0.15) is 20.3 Å². The topological polar surface area (TPSA) is 97.1 Å². The molecule has 0 saturated carbocycles. The van der Waals surface area contributed by atoms with Crippen LogP contribution in [-0.2, 0) is 4.79 Å². The number of aromatic nitrogens is 1. The minimum Gasteiger partial charge on any atom is -0.384 e. The van der Waals surface area contributed by atoms with Crippen molar-refractivity contribution in [3.63, 3.8) is 0 Å². The van der Waals surface area contributed by atoms with Gasteiger partial charge in [0.25, 0.3) is 0 Å². The molecule has 0 bridgehead atoms. The first kappa shape index (κ1) is 16.3. The summed E-state index contributed by atoms with van der Waals surface area (Å²) in [5.74, 6) is 0.764. The largest absolute Gasteiger partial charge is 0.384 e. The Hall–Kier alpha value is -1.76. The first-order valence-corrected chi connectivity index (χ1v) is 7.38. The van der Waals surface area contributed by atoms with Crippen LogP contribution in [0.4, 0.5) is 10.6 Å². The normalized spacial score (nSPS) is 10.3. The first-order chi connectivity index (χ1) is 9.47. The van der Waals surface area contributed by atoms with Crippen molar-refractivity contribution in [3.8, 4) is 0 Å². The number of nitrogens with two attached hydrogens (primary N) is 1. The standard InChI is InChI=1S/C13H20N4O2S/c1-9(2)5-6-15-13(19)17-12(18)8-20-10-3-4-11(14)16-7-10/h3-4,7,9H,5-6,8H2,1-2H3,(H2,14,16)(H2,15,17,18,19). The number of hydrogen-bond acceptors (Lipinski definition) is 5. The van der Waals surface area contributed by atoms with Gasteiger partial charge in [0.1, 0.15) is 5.82 Å². The Kier molecular flexibility index (Phi) is 6.86. The number of carbonyl (C=O) groups is 2. The van der Waals surface area contributed by atoms with Crippen LogP contribution < -0.4 is 16.4 Å². The maximum Gasteiger partial charge on any atom is 0.321 e. The Morgan fingerprint density at radius 1 is 1.40 bits per heavy atom. The van der Waals surface area contributed by atoms with Crippen LogP contribution in [0.15, 0.2) is 23.2 Å². The van der Waals surface area contributed by atoms with E-state index in [0.29, 0.717) is 18.3 Å². The maximum atomic E-state index is 11.6. The number of amides is 3. The molecule has 1 aromatic heterocycles. The number of nitrogens with zero attached hydrogens (tertiary/aromatic N) is 1. The summed E-state index contributed by atoms with van der Waals surface area (Å²) in [5, 5.41) is 4.92. The SMILES string of the molecule is CC(C)CCNC(=O)NC(=O)CSc1ccc(N)nc1. The molecule has 0 unspecified atom stereocenters. The van der Waals surface area contributed by atoms with Crippen LogP contribution in [0.25, 0.3) is 0 Å². The van der Waals surface area contributed by atoms with Gasteiger partial charge in [-0.1, -0.05) is 13.8 Å². The van der Waals surface area contributed by atoms with Crippen LogP contribution in [0.5, 0.6) is 0 Å². The molecule has 20 heavy (non-hydrogen) atoms. The van der Waals surface area contributed by atoms with E-state index < -0.39 is 6.03 Å². The smallest absolute Gasteiger partial charge is 0.321 e. The van der Waals surface area contributed by atoms with Crippen molar-refractivity contribution in [3.05, 3.63) is 18.3 Å². The summed E-state index contributed by atoms with van der Waals surface area (Å²) in [4.78, 5) is 27.7. The zero-order chi connectivity index (χ0) is 15.0. The Labute approximate surface area is 122 Å². The molecular formula is C13H20N4O2S. The molecular weight excluding hydrogens is 276 g/mol. The number of rotatable bonds is 6. The predicted octanol–water partition coefficient (Wildman–Crippen LogP) is 1.63. The van der Waals surface area contributed by atoms with Gasteiger partial charge >= 0.3 is 6.03 Å². The molecule has 0 aliphatic heterocycles. The van der Waals surface area contributed by atoms with Gasteiger partial charge in [0, 0.05) is 17.6 Å². The lowest BCUT2D eigenvalue weighted by atomic mass is 10.1. The van der Waals surface area contributed by atoms with Gasteiger partial charge in [-0.15, -0.1) is 11.8 Å². The number of hydrogen-bond donors (Lipinski definition) is 3. The van der Waals surface area contributed by atoms with Gasteiger partial charge in [-0.2, -0.15) is 0 Å². The van der Waals surface area contributed by atoms with E-state index in [4.69, 9.17) is 5.73 Å². The van der Waals surface area contributed by atoms with Gasteiger partial charge in [-0.25, -0.2) is 9.78 Å². The number of thioether (sulfide) groups is 1. The molecule has 0 radical (unpaired) electrons. The molecule has 0 aliphatic rings. The number of pyridine rings is 1.